The Labute approximate surface area is 230 Å². The second-order valence-corrected chi connectivity index (χ2v) is 12.7. The topological polar surface area (TPSA) is 91.2 Å². The number of carbonyl (C=O) groups is 1. The maximum atomic E-state index is 12.6. The van der Waals surface area contributed by atoms with E-state index < -0.39 is 5.60 Å². The number of non-ortho nitro benzene ring substituents is 1. The Hall–Kier alpha value is -2.07. The quantitative estimate of drug-likeness (QED) is 0.321. The highest BCUT2D eigenvalue weighted by Crippen LogP contribution is 2.16. The Morgan fingerprint density at radius 3 is 2.16 bits per heavy atom. The Morgan fingerprint density at radius 1 is 0.895 bits per heavy atom. The molecule has 0 spiro atoms. The first kappa shape index (κ1) is 32.1. The highest BCUT2D eigenvalue weighted by molar-refractivity contribution is 5.72. The average molecular weight is 534 g/mol. The zero-order valence-corrected chi connectivity index (χ0v) is 24.6. The summed E-state index contributed by atoms with van der Waals surface area (Å²) in [6.45, 7) is 22.3. The number of carbonyl (C=O) groups excluding carboxylic acids is 1. The van der Waals surface area contributed by atoms with E-state index in [-0.39, 0.29) is 22.0 Å². The molecule has 0 aliphatic carbocycles. The number of esters is 1. The fourth-order valence-corrected chi connectivity index (χ4v) is 4.76. The van der Waals surface area contributed by atoms with Crippen LogP contribution in [-0.4, -0.2) is 103 Å². The van der Waals surface area contributed by atoms with Crippen LogP contribution in [0.15, 0.2) is 24.3 Å². The van der Waals surface area contributed by atoms with E-state index in [1.807, 2.05) is 32.9 Å². The molecule has 0 saturated carbocycles. The second-order valence-electron chi connectivity index (χ2n) is 12.7. The van der Waals surface area contributed by atoms with Crippen molar-refractivity contribution < 1.29 is 14.5 Å². The number of benzene rings is 1. The first-order chi connectivity index (χ1) is 17.8. The molecule has 0 unspecified atom stereocenters. The molecule has 0 bridgehead atoms. The standard InChI is InChI=1S/C29H51N5O4/c1-28(2,3)24-33-18-8-17-31(19-13-25-9-11-26(12-10-25)34(36)37)21-22-32(16-7-14-30-15-20-33)23-27(35)38-29(4,5)6/h9-12,30H,7-8,13-24H2,1-6H3. The van der Waals surface area contributed by atoms with E-state index in [9.17, 15) is 14.9 Å². The number of nitrogens with one attached hydrogen (secondary N) is 1. The van der Waals surface area contributed by atoms with Gasteiger partial charge in [0.15, 0.2) is 0 Å². The van der Waals surface area contributed by atoms with Gasteiger partial charge in [-0.25, -0.2) is 0 Å². The Bertz CT molecular complexity index is 848. The third kappa shape index (κ3) is 14.2. The molecule has 1 aromatic rings. The zero-order valence-electron chi connectivity index (χ0n) is 24.6. The van der Waals surface area contributed by atoms with E-state index in [4.69, 9.17) is 4.74 Å². The van der Waals surface area contributed by atoms with Crippen molar-refractivity contribution in [3.05, 3.63) is 39.9 Å². The summed E-state index contributed by atoms with van der Waals surface area (Å²) in [5, 5.41) is 14.6. The average Bonchev–Trinajstić information content (AvgIpc) is 2.79. The van der Waals surface area contributed by atoms with Crippen LogP contribution in [0.2, 0.25) is 0 Å². The van der Waals surface area contributed by atoms with Crippen molar-refractivity contribution in [3.63, 3.8) is 0 Å². The highest BCUT2D eigenvalue weighted by atomic mass is 16.6. The van der Waals surface area contributed by atoms with Crippen molar-refractivity contribution >= 4 is 11.7 Å². The first-order valence-electron chi connectivity index (χ1n) is 14.1. The van der Waals surface area contributed by atoms with Gasteiger partial charge in [-0.05, 0) is 77.2 Å². The Morgan fingerprint density at radius 2 is 1.53 bits per heavy atom. The minimum atomic E-state index is -0.489. The molecule has 38 heavy (non-hydrogen) atoms. The molecule has 0 radical (unpaired) electrons. The third-order valence-corrected chi connectivity index (χ3v) is 6.45. The second kappa shape index (κ2) is 15.5. The van der Waals surface area contributed by atoms with Gasteiger partial charge in [-0.3, -0.25) is 19.8 Å². The molecular formula is C29H51N5O4. The zero-order chi connectivity index (χ0) is 28.2. The molecule has 0 atom stereocenters. The number of hydrogen-bond acceptors (Lipinski definition) is 8. The van der Waals surface area contributed by atoms with Crippen molar-refractivity contribution in [2.75, 3.05) is 72.0 Å². The lowest BCUT2D eigenvalue weighted by Gasteiger charge is -2.32. The van der Waals surface area contributed by atoms with Gasteiger partial charge in [-0.1, -0.05) is 32.9 Å². The molecule has 1 aromatic carbocycles. The normalized spacial score (nSPS) is 18.6. The lowest BCUT2D eigenvalue weighted by molar-refractivity contribution is -0.384. The number of nitro groups is 1. The van der Waals surface area contributed by atoms with Crippen LogP contribution in [0.5, 0.6) is 0 Å². The maximum Gasteiger partial charge on any atom is 0.320 e. The molecule has 1 aliphatic rings. The van der Waals surface area contributed by atoms with Crippen molar-refractivity contribution in [2.24, 2.45) is 5.41 Å². The molecule has 216 valence electrons. The van der Waals surface area contributed by atoms with Crippen molar-refractivity contribution in [3.8, 4) is 0 Å². The summed E-state index contributed by atoms with van der Waals surface area (Å²) in [7, 11) is 0. The van der Waals surface area contributed by atoms with Gasteiger partial charge in [0.1, 0.15) is 5.60 Å². The SMILES string of the molecule is CC(C)(C)CN1CCCN(CCc2ccc([N+](=O)[O-])cc2)CCN(CC(=O)OC(C)(C)C)CCCNCC1. The van der Waals surface area contributed by atoms with E-state index >= 15 is 0 Å². The summed E-state index contributed by atoms with van der Waals surface area (Å²) >= 11 is 0. The number of nitro benzene ring substituents is 1. The molecular weight excluding hydrogens is 482 g/mol. The van der Waals surface area contributed by atoms with Crippen LogP contribution in [0, 0.1) is 15.5 Å². The highest BCUT2D eigenvalue weighted by Gasteiger charge is 2.21. The molecule has 1 aliphatic heterocycles. The monoisotopic (exact) mass is 533 g/mol. The van der Waals surface area contributed by atoms with Crippen LogP contribution in [0.25, 0.3) is 0 Å². The lowest BCUT2D eigenvalue weighted by Crippen LogP contribution is -2.43. The van der Waals surface area contributed by atoms with Gasteiger partial charge in [0.2, 0.25) is 0 Å². The molecule has 1 heterocycles. The van der Waals surface area contributed by atoms with E-state index in [2.05, 4.69) is 40.8 Å². The van der Waals surface area contributed by atoms with Gasteiger partial charge < -0.3 is 19.9 Å². The molecule has 1 N–H and O–H groups in total. The fraction of sp³-hybridized carbons (Fsp3) is 0.759. The van der Waals surface area contributed by atoms with E-state index in [1.165, 1.54) is 0 Å². The van der Waals surface area contributed by atoms with Crippen LogP contribution in [0.4, 0.5) is 5.69 Å². The van der Waals surface area contributed by atoms with E-state index in [1.54, 1.807) is 12.1 Å². The summed E-state index contributed by atoms with van der Waals surface area (Å²) in [4.78, 5) is 30.5. The summed E-state index contributed by atoms with van der Waals surface area (Å²) < 4.78 is 5.60. The number of ether oxygens (including phenoxy) is 1. The third-order valence-electron chi connectivity index (χ3n) is 6.45. The van der Waals surface area contributed by atoms with Crippen molar-refractivity contribution in [1.29, 1.82) is 0 Å². The summed E-state index contributed by atoms with van der Waals surface area (Å²) in [6, 6.07) is 6.88. The van der Waals surface area contributed by atoms with Gasteiger partial charge in [-0.15, -0.1) is 0 Å². The number of rotatable bonds is 7. The Balaban J connectivity index is 2.06. The largest absolute Gasteiger partial charge is 0.459 e. The smallest absolute Gasteiger partial charge is 0.320 e. The summed E-state index contributed by atoms with van der Waals surface area (Å²) in [5.74, 6) is -0.179. The summed E-state index contributed by atoms with van der Waals surface area (Å²) in [5.41, 5.74) is 0.986. The van der Waals surface area contributed by atoms with Crippen LogP contribution >= 0.6 is 0 Å². The lowest BCUT2D eigenvalue weighted by atomic mass is 9.96. The predicted molar refractivity (Wildman–Crippen MR) is 154 cm³/mol. The van der Waals surface area contributed by atoms with Crippen LogP contribution < -0.4 is 5.32 Å². The van der Waals surface area contributed by atoms with Gasteiger partial charge in [0.25, 0.3) is 5.69 Å². The molecule has 9 nitrogen and oxygen atoms in total. The Kier molecular flexibility index (Phi) is 13.1. The van der Waals surface area contributed by atoms with Gasteiger partial charge in [0.05, 0.1) is 11.5 Å². The fourth-order valence-electron chi connectivity index (χ4n) is 4.76. The van der Waals surface area contributed by atoms with Crippen LogP contribution in [-0.2, 0) is 16.0 Å². The van der Waals surface area contributed by atoms with Gasteiger partial charge in [0, 0.05) is 51.4 Å². The van der Waals surface area contributed by atoms with Gasteiger partial charge >= 0.3 is 5.97 Å². The molecule has 1 fully saturated rings. The van der Waals surface area contributed by atoms with Crippen LogP contribution in [0.3, 0.4) is 0 Å². The summed E-state index contributed by atoms with van der Waals surface area (Å²) in [6.07, 6.45) is 2.88. The minimum absolute atomic E-state index is 0.123. The van der Waals surface area contributed by atoms with E-state index in [0.29, 0.717) is 6.54 Å². The predicted octanol–water partition coefficient (Wildman–Crippen LogP) is 3.81. The molecule has 1 saturated heterocycles. The maximum absolute atomic E-state index is 12.6. The molecule has 9 heteroatoms. The number of nitrogens with zero attached hydrogens (tertiary/aromatic N) is 4. The molecule has 0 amide bonds. The first-order valence-corrected chi connectivity index (χ1v) is 14.1. The van der Waals surface area contributed by atoms with Crippen molar-refractivity contribution in [1.82, 2.24) is 20.0 Å². The molecule has 0 aromatic heterocycles. The van der Waals surface area contributed by atoms with Crippen LogP contribution in [0.1, 0.15) is 59.9 Å². The van der Waals surface area contributed by atoms with Gasteiger partial charge in [-0.2, -0.15) is 0 Å². The van der Waals surface area contributed by atoms with Crippen molar-refractivity contribution in [2.45, 2.75) is 66.4 Å². The van der Waals surface area contributed by atoms with E-state index in [0.717, 1.165) is 90.3 Å². The molecule has 2 rings (SSSR count). The number of hydrogen-bond donors (Lipinski definition) is 1. The minimum Gasteiger partial charge on any atom is -0.459 e.